The molecule has 0 aromatic heterocycles. The van der Waals surface area contributed by atoms with Gasteiger partial charge in [-0.2, -0.15) is 0 Å². The van der Waals surface area contributed by atoms with E-state index in [1.54, 1.807) is 0 Å². The Hall–Kier alpha value is -2.57. The highest BCUT2D eigenvalue weighted by molar-refractivity contribution is 4.81. The number of H-pyrrole nitrogens is 1. The average Bonchev–Trinajstić information content (AvgIpc) is 2.37. The highest BCUT2D eigenvalue weighted by Crippen LogP contribution is 1.85. The summed E-state index contributed by atoms with van der Waals surface area (Å²) in [6.45, 7) is 0. The average molecular weight is 223 g/mol. The van der Waals surface area contributed by atoms with E-state index in [0.717, 1.165) is 24.5 Å². The van der Waals surface area contributed by atoms with Crippen molar-refractivity contribution < 1.29 is 13.3 Å². The van der Waals surface area contributed by atoms with Gasteiger partial charge in [0.2, 0.25) is 0 Å². The molecule has 7 nitrogen and oxygen atoms in total. The predicted molar refractivity (Wildman–Crippen MR) is 49.3 cm³/mol. The Morgan fingerprint density at radius 2 is 1.62 bits per heavy atom. The Labute approximate surface area is 85.9 Å². The summed E-state index contributed by atoms with van der Waals surface area (Å²) in [6.07, 6.45) is 1.00. The summed E-state index contributed by atoms with van der Waals surface area (Å²) in [5, 5.41) is 0. The van der Waals surface area contributed by atoms with E-state index in [1.165, 1.54) is 0 Å². The van der Waals surface area contributed by atoms with Gasteiger partial charge >= 0.3 is 16.9 Å². The van der Waals surface area contributed by atoms with Crippen LogP contribution < -0.4 is 16.8 Å². The molecule has 7 heteroatoms. The number of aromatic amines is 1. The van der Waals surface area contributed by atoms with Crippen molar-refractivity contribution in [3.63, 3.8) is 0 Å². The second-order valence-electron chi connectivity index (χ2n) is 2.70. The lowest BCUT2D eigenvalue weighted by molar-refractivity contribution is 0.298. The molecule has 0 amide bonds. The van der Waals surface area contributed by atoms with Crippen molar-refractivity contribution in [2.75, 3.05) is 0 Å². The van der Waals surface area contributed by atoms with Gasteiger partial charge in [-0.15, -0.1) is 0 Å². The van der Waals surface area contributed by atoms with Crippen molar-refractivity contribution in [1.29, 1.82) is 0 Å². The summed E-state index contributed by atoms with van der Waals surface area (Å²) in [4.78, 5) is 35.4. The molecule has 0 aromatic carbocycles. The summed E-state index contributed by atoms with van der Waals surface area (Å²) in [6, 6.07) is 2.79. The van der Waals surface area contributed by atoms with Crippen molar-refractivity contribution in [2.24, 2.45) is 0 Å². The molecular weight excluding hydrogens is 218 g/mol. The van der Waals surface area contributed by atoms with E-state index in [0.29, 0.717) is 0 Å². The van der Waals surface area contributed by atoms with Gasteiger partial charge < -0.3 is 13.3 Å². The number of hydrogen-bond donors (Lipinski definition) is 1. The van der Waals surface area contributed by atoms with Crippen LogP contribution in [0.3, 0.4) is 0 Å². The molecule has 16 heavy (non-hydrogen) atoms. The lowest BCUT2D eigenvalue weighted by atomic mass is 10.6. The minimum Gasteiger partial charge on any atom is -0.430 e. The van der Waals surface area contributed by atoms with E-state index in [9.17, 15) is 14.4 Å². The number of hydrogen-bond acceptors (Lipinski definition) is 6. The molecule has 1 N–H and O–H groups in total. The largest absolute Gasteiger partial charge is 0.430 e. The normalized spacial score (nSPS) is 10.0. The van der Waals surface area contributed by atoms with Gasteiger partial charge in [-0.1, -0.05) is 0 Å². The maximum absolute atomic E-state index is 11.1. The molecule has 0 unspecified atom stereocenters. The minimum atomic E-state index is -0.824. The van der Waals surface area contributed by atoms with Gasteiger partial charge in [0.05, 0.1) is 0 Å². The fraction of sp³-hybridized carbons (Fsp3) is 0. The van der Waals surface area contributed by atoms with Crippen LogP contribution in [0.1, 0.15) is 0 Å². The summed E-state index contributed by atoms with van der Waals surface area (Å²) < 4.78 is 14.1. The molecule has 0 bridgehead atoms. The van der Waals surface area contributed by atoms with Crippen LogP contribution in [0.25, 0.3) is 0 Å². The van der Waals surface area contributed by atoms with E-state index >= 15 is 0 Å². The molecule has 0 saturated heterocycles. The maximum Gasteiger partial charge on any atom is 0.356 e. The third-order valence-electron chi connectivity index (χ3n) is 1.57. The molecule has 0 aliphatic carbocycles. The Morgan fingerprint density at radius 3 is 2.38 bits per heavy atom. The predicted octanol–water partition coefficient (Wildman–Crippen LogP) is -0.277. The van der Waals surface area contributed by atoms with Gasteiger partial charge in [0.25, 0.3) is 11.1 Å². The standard InChI is InChI=1S/C9H5NO6/c11-5-3-4-14-9-8(10-5)15-6(12)1-2-7(13)16-9/h1-4H,(H,10,11). The molecule has 0 fully saturated rings. The molecule has 82 valence electrons. The van der Waals surface area contributed by atoms with Crippen LogP contribution in [0.4, 0.5) is 0 Å². The van der Waals surface area contributed by atoms with Crippen molar-refractivity contribution in [2.45, 2.75) is 0 Å². The van der Waals surface area contributed by atoms with E-state index < -0.39 is 22.4 Å². The summed E-state index contributed by atoms with van der Waals surface area (Å²) in [5.41, 5.74) is -2.97. The van der Waals surface area contributed by atoms with Crippen molar-refractivity contribution >= 4 is 0 Å². The molecule has 2 heterocycles. The lowest BCUT2D eigenvalue weighted by Gasteiger charge is -1.80. The van der Waals surface area contributed by atoms with Gasteiger partial charge in [0, 0.05) is 18.2 Å². The third kappa shape index (κ3) is 2.08. The van der Waals surface area contributed by atoms with Crippen molar-refractivity contribution in [3.8, 4) is 0 Å². The SMILES string of the molecule is O=c1ccoc2oc(=O)ccc(=O)oc=2[nH]1. The van der Waals surface area contributed by atoms with Crippen LogP contribution in [0.15, 0.2) is 52.1 Å². The lowest BCUT2D eigenvalue weighted by Crippen LogP contribution is -2.04. The smallest absolute Gasteiger partial charge is 0.356 e. The molecule has 2 aliphatic rings. The van der Waals surface area contributed by atoms with Crippen LogP contribution in [0.2, 0.25) is 0 Å². The highest BCUT2D eigenvalue weighted by Gasteiger charge is 1.94. The summed E-state index contributed by atoms with van der Waals surface area (Å²) in [7, 11) is 0. The minimum absolute atomic E-state index is 0.363. The van der Waals surface area contributed by atoms with Crippen LogP contribution in [-0.4, -0.2) is 4.98 Å². The van der Waals surface area contributed by atoms with Gasteiger partial charge in [0.15, 0.2) is 0 Å². The van der Waals surface area contributed by atoms with E-state index in [1.807, 2.05) is 0 Å². The molecule has 0 radical (unpaired) electrons. The monoisotopic (exact) mass is 223 g/mol. The van der Waals surface area contributed by atoms with Gasteiger partial charge in [-0.05, 0) is 0 Å². The molecule has 0 aromatic rings. The third-order valence-corrected chi connectivity index (χ3v) is 1.57. The molecule has 2 aliphatic heterocycles. The van der Waals surface area contributed by atoms with Crippen LogP contribution in [0.5, 0.6) is 0 Å². The maximum atomic E-state index is 11.1. The van der Waals surface area contributed by atoms with Crippen LogP contribution in [0, 0.1) is 11.2 Å². The Balaban J connectivity index is 3.22. The topological polar surface area (TPSA) is 106 Å². The number of aromatic nitrogens is 1. The first-order valence-electron chi connectivity index (χ1n) is 4.15. The Morgan fingerprint density at radius 1 is 0.938 bits per heavy atom. The molecular formula is C9H5NO6. The molecule has 0 spiro atoms. The highest BCUT2D eigenvalue weighted by atomic mass is 16.5. The first-order valence-corrected chi connectivity index (χ1v) is 4.15. The zero-order valence-corrected chi connectivity index (χ0v) is 7.76. The van der Waals surface area contributed by atoms with E-state index in [-0.39, 0.29) is 5.55 Å². The first-order chi connectivity index (χ1) is 7.65. The van der Waals surface area contributed by atoms with Crippen LogP contribution in [-0.2, 0) is 0 Å². The second kappa shape index (κ2) is 3.89. The molecule has 2 rings (SSSR count). The number of nitrogens with one attached hydrogen (secondary N) is 1. The van der Waals surface area contributed by atoms with Crippen molar-refractivity contribution in [1.82, 2.24) is 4.98 Å². The zero-order chi connectivity index (χ0) is 11.5. The quantitative estimate of drug-likeness (QED) is 0.658. The van der Waals surface area contributed by atoms with Crippen molar-refractivity contribution in [3.05, 3.63) is 66.8 Å². The van der Waals surface area contributed by atoms with Crippen LogP contribution >= 0.6 is 0 Å². The summed E-state index contributed by atoms with van der Waals surface area (Å²) >= 11 is 0. The van der Waals surface area contributed by atoms with E-state index in [4.69, 9.17) is 4.42 Å². The van der Waals surface area contributed by atoms with E-state index in [2.05, 4.69) is 13.8 Å². The molecule has 0 saturated carbocycles. The molecule has 0 atom stereocenters. The second-order valence-corrected chi connectivity index (χ2v) is 2.70. The van der Waals surface area contributed by atoms with Gasteiger partial charge in [-0.3, -0.25) is 9.78 Å². The number of rotatable bonds is 0. The fourth-order valence-corrected chi connectivity index (χ4v) is 0.949. The Bertz CT molecular complexity index is 775. The zero-order valence-electron chi connectivity index (χ0n) is 7.76. The van der Waals surface area contributed by atoms with Gasteiger partial charge in [-0.25, -0.2) is 9.59 Å². The van der Waals surface area contributed by atoms with Gasteiger partial charge in [0.1, 0.15) is 6.26 Å². The first kappa shape index (κ1) is 9.97. The fourth-order valence-electron chi connectivity index (χ4n) is 0.949. The summed E-state index contributed by atoms with van der Waals surface area (Å²) in [5.74, 6) is 0. The Kier molecular flexibility index (Phi) is 2.42.